The molecule has 0 radical (unpaired) electrons. The highest BCUT2D eigenvalue weighted by atomic mass is 16.5. The van der Waals surface area contributed by atoms with Crippen molar-refractivity contribution in [1.82, 2.24) is 0 Å². The van der Waals surface area contributed by atoms with Gasteiger partial charge in [0.15, 0.2) is 0 Å². The van der Waals surface area contributed by atoms with Crippen molar-refractivity contribution in [2.75, 3.05) is 19.0 Å². The molecule has 0 atom stereocenters. The molecule has 0 spiro atoms. The Hall–Kier alpha value is -1.55. The van der Waals surface area contributed by atoms with Crippen LogP contribution >= 0.6 is 0 Å². The largest absolute Gasteiger partial charge is 0.478 e. The Balaban J connectivity index is 1.99. The zero-order chi connectivity index (χ0) is 12.3. The lowest BCUT2D eigenvalue weighted by atomic mass is 9.80. The van der Waals surface area contributed by atoms with Gasteiger partial charge < -0.3 is 15.2 Å². The summed E-state index contributed by atoms with van der Waals surface area (Å²) in [5, 5.41) is 12.1. The second-order valence-electron chi connectivity index (χ2n) is 4.48. The van der Waals surface area contributed by atoms with E-state index in [0.29, 0.717) is 5.56 Å². The average molecular weight is 235 g/mol. The van der Waals surface area contributed by atoms with Gasteiger partial charge in [-0.2, -0.15) is 0 Å². The number of carboxylic acid groups (broad SMARTS) is 1. The summed E-state index contributed by atoms with van der Waals surface area (Å²) in [4.78, 5) is 10.8. The van der Waals surface area contributed by atoms with Crippen molar-refractivity contribution in [3.8, 4) is 0 Å². The Kier molecular flexibility index (Phi) is 3.33. The number of aromatic carboxylic acids is 1. The number of hydrogen-bond donors (Lipinski definition) is 2. The highest BCUT2D eigenvalue weighted by Crippen LogP contribution is 2.35. The van der Waals surface area contributed by atoms with Gasteiger partial charge in [0.25, 0.3) is 0 Å². The molecule has 92 valence electrons. The maximum Gasteiger partial charge on any atom is 0.335 e. The lowest BCUT2D eigenvalue weighted by molar-refractivity contribution is -0.0601. The van der Waals surface area contributed by atoms with Gasteiger partial charge in [-0.3, -0.25) is 0 Å². The van der Waals surface area contributed by atoms with Crippen LogP contribution in [-0.4, -0.2) is 30.3 Å². The molecule has 4 heteroatoms. The highest BCUT2D eigenvalue weighted by Gasteiger charge is 2.36. The maximum atomic E-state index is 10.8. The minimum absolute atomic E-state index is 0.0563. The fourth-order valence-corrected chi connectivity index (χ4v) is 2.05. The minimum atomic E-state index is -0.904. The number of carbonyl (C=O) groups is 1. The molecule has 0 bridgehead atoms. The molecule has 4 nitrogen and oxygen atoms in total. The molecular formula is C13H17NO3. The number of methoxy groups -OCH3 is 1. The van der Waals surface area contributed by atoms with Crippen LogP contribution < -0.4 is 5.32 Å². The van der Waals surface area contributed by atoms with E-state index in [1.165, 1.54) is 6.42 Å². The van der Waals surface area contributed by atoms with Crippen molar-refractivity contribution >= 4 is 11.7 Å². The summed E-state index contributed by atoms with van der Waals surface area (Å²) < 4.78 is 5.49. The molecule has 0 saturated heterocycles. The van der Waals surface area contributed by atoms with Gasteiger partial charge in [-0.25, -0.2) is 4.79 Å². The van der Waals surface area contributed by atoms with Crippen molar-refractivity contribution in [3.63, 3.8) is 0 Å². The predicted octanol–water partition coefficient (Wildman–Crippen LogP) is 2.37. The topological polar surface area (TPSA) is 58.6 Å². The number of hydrogen-bond acceptors (Lipinski definition) is 3. The third kappa shape index (κ3) is 2.58. The van der Waals surface area contributed by atoms with Crippen molar-refractivity contribution in [2.24, 2.45) is 0 Å². The molecular weight excluding hydrogens is 218 g/mol. The molecule has 0 unspecified atom stereocenters. The van der Waals surface area contributed by atoms with Gasteiger partial charge in [-0.15, -0.1) is 0 Å². The minimum Gasteiger partial charge on any atom is -0.478 e. The quantitative estimate of drug-likeness (QED) is 0.822. The van der Waals surface area contributed by atoms with E-state index >= 15 is 0 Å². The van der Waals surface area contributed by atoms with Crippen LogP contribution in [0, 0.1) is 0 Å². The predicted molar refractivity (Wildman–Crippen MR) is 65.5 cm³/mol. The molecule has 1 aliphatic rings. The summed E-state index contributed by atoms with van der Waals surface area (Å²) in [6, 6.07) is 6.84. The van der Waals surface area contributed by atoms with Gasteiger partial charge in [0.2, 0.25) is 0 Å². The first-order valence-corrected chi connectivity index (χ1v) is 5.78. The Morgan fingerprint density at radius 3 is 2.82 bits per heavy atom. The maximum absolute atomic E-state index is 10.8. The summed E-state index contributed by atoms with van der Waals surface area (Å²) >= 11 is 0. The van der Waals surface area contributed by atoms with Crippen LogP contribution in [0.3, 0.4) is 0 Å². The fraction of sp³-hybridized carbons (Fsp3) is 0.462. The number of benzene rings is 1. The van der Waals surface area contributed by atoms with E-state index in [2.05, 4.69) is 5.32 Å². The van der Waals surface area contributed by atoms with Gasteiger partial charge in [-0.05, 0) is 37.5 Å². The second kappa shape index (κ2) is 4.75. The Morgan fingerprint density at radius 1 is 1.53 bits per heavy atom. The van der Waals surface area contributed by atoms with Gasteiger partial charge in [-0.1, -0.05) is 6.07 Å². The second-order valence-corrected chi connectivity index (χ2v) is 4.48. The number of anilines is 1. The third-order valence-electron chi connectivity index (χ3n) is 3.42. The van der Waals surface area contributed by atoms with E-state index in [-0.39, 0.29) is 5.60 Å². The van der Waals surface area contributed by atoms with E-state index in [1.54, 1.807) is 25.3 Å². The lowest BCUT2D eigenvalue weighted by Gasteiger charge is -2.40. The number of carboxylic acids is 1. The third-order valence-corrected chi connectivity index (χ3v) is 3.42. The van der Waals surface area contributed by atoms with E-state index in [0.717, 1.165) is 25.1 Å². The fourth-order valence-electron chi connectivity index (χ4n) is 2.05. The molecule has 1 fully saturated rings. The average Bonchev–Trinajstić information content (AvgIpc) is 2.28. The SMILES string of the molecule is COC1(CNc2cccc(C(=O)O)c2)CCC1. The molecule has 2 N–H and O–H groups in total. The molecule has 2 rings (SSSR count). The van der Waals surface area contributed by atoms with Crippen LogP contribution in [0.4, 0.5) is 5.69 Å². The first-order chi connectivity index (χ1) is 8.15. The molecule has 0 amide bonds. The van der Waals surface area contributed by atoms with Gasteiger partial charge >= 0.3 is 5.97 Å². The Bertz CT molecular complexity index is 407. The van der Waals surface area contributed by atoms with Gasteiger partial charge in [0.1, 0.15) is 0 Å². The van der Waals surface area contributed by atoms with Crippen molar-refractivity contribution in [2.45, 2.75) is 24.9 Å². The summed E-state index contributed by atoms with van der Waals surface area (Å²) in [5.74, 6) is -0.904. The summed E-state index contributed by atoms with van der Waals surface area (Å²) in [6.07, 6.45) is 3.33. The zero-order valence-corrected chi connectivity index (χ0v) is 9.90. The van der Waals surface area contributed by atoms with Crippen LogP contribution in [0.5, 0.6) is 0 Å². The molecule has 1 saturated carbocycles. The van der Waals surface area contributed by atoms with Crippen LogP contribution in [0.1, 0.15) is 29.6 Å². The smallest absolute Gasteiger partial charge is 0.335 e. The van der Waals surface area contributed by atoms with E-state index in [4.69, 9.17) is 9.84 Å². The normalized spacial score (nSPS) is 17.2. The summed E-state index contributed by atoms with van der Waals surface area (Å²) in [7, 11) is 1.73. The molecule has 0 aliphatic heterocycles. The monoisotopic (exact) mass is 235 g/mol. The number of nitrogens with one attached hydrogen (secondary N) is 1. The van der Waals surface area contributed by atoms with Crippen molar-refractivity contribution in [3.05, 3.63) is 29.8 Å². The van der Waals surface area contributed by atoms with Crippen LogP contribution in [0.2, 0.25) is 0 Å². The van der Waals surface area contributed by atoms with Gasteiger partial charge in [0, 0.05) is 19.3 Å². The zero-order valence-electron chi connectivity index (χ0n) is 9.90. The number of rotatable bonds is 5. The van der Waals surface area contributed by atoms with Gasteiger partial charge in [0.05, 0.1) is 11.2 Å². The van der Waals surface area contributed by atoms with Crippen LogP contribution in [0.25, 0.3) is 0 Å². The molecule has 0 heterocycles. The van der Waals surface area contributed by atoms with E-state index < -0.39 is 5.97 Å². The first-order valence-electron chi connectivity index (χ1n) is 5.78. The van der Waals surface area contributed by atoms with Crippen molar-refractivity contribution in [1.29, 1.82) is 0 Å². The Labute approximate surface area is 101 Å². The lowest BCUT2D eigenvalue weighted by Crippen LogP contribution is -2.45. The van der Waals surface area contributed by atoms with Crippen molar-refractivity contribution < 1.29 is 14.6 Å². The van der Waals surface area contributed by atoms with E-state index in [9.17, 15) is 4.79 Å². The molecule has 1 aliphatic carbocycles. The number of ether oxygens (including phenoxy) is 1. The summed E-state index contributed by atoms with van der Waals surface area (Å²) in [6.45, 7) is 0.729. The Morgan fingerprint density at radius 2 is 2.29 bits per heavy atom. The molecule has 1 aromatic carbocycles. The standard InChI is InChI=1S/C13H17NO3/c1-17-13(6-3-7-13)9-14-11-5-2-4-10(8-11)12(15)16/h2,4-5,8,14H,3,6-7,9H2,1H3,(H,15,16). The highest BCUT2D eigenvalue weighted by molar-refractivity contribution is 5.88. The first kappa shape index (κ1) is 11.9. The molecule has 0 aromatic heterocycles. The van der Waals surface area contributed by atoms with Crippen LogP contribution in [0.15, 0.2) is 24.3 Å². The van der Waals surface area contributed by atoms with E-state index in [1.807, 2.05) is 6.07 Å². The molecule has 17 heavy (non-hydrogen) atoms. The van der Waals surface area contributed by atoms with Crippen LogP contribution in [-0.2, 0) is 4.74 Å². The summed E-state index contributed by atoms with van der Waals surface area (Å²) in [5.41, 5.74) is 1.07. The molecule has 1 aromatic rings.